The van der Waals surface area contributed by atoms with Crippen LogP contribution in [0.1, 0.15) is 170 Å². The van der Waals surface area contributed by atoms with Crippen molar-refractivity contribution in [1.29, 1.82) is 5.26 Å². The number of hydrogen-bond donors (Lipinski definition) is 8. The normalized spacial score (nSPS) is 18.0. The van der Waals surface area contributed by atoms with Crippen molar-refractivity contribution in [3.63, 3.8) is 0 Å². The topological polar surface area (TPSA) is 242 Å². The molecule has 8 fully saturated rings. The summed E-state index contributed by atoms with van der Waals surface area (Å²) in [7, 11) is 3.33. The van der Waals surface area contributed by atoms with Gasteiger partial charge in [-0.05, 0) is 406 Å². The quantitative estimate of drug-likeness (QED) is 0.0372. The molecule has 8 saturated heterocycles. The molecule has 24 heteroatoms. The highest BCUT2D eigenvalue weighted by molar-refractivity contribution is 6.30. The number of rotatable bonds is 18. The molecule has 0 bridgehead atoms. The Labute approximate surface area is 705 Å². The van der Waals surface area contributed by atoms with Gasteiger partial charge in [0.1, 0.15) is 17.6 Å². The van der Waals surface area contributed by atoms with E-state index >= 15 is 0 Å². The molecule has 0 unspecified atom stereocenters. The number of nitrogens with zero attached hydrogens (tertiary/aromatic N) is 9. The summed E-state index contributed by atoms with van der Waals surface area (Å²) >= 11 is 5.89. The predicted octanol–water partition coefficient (Wildman–Crippen LogP) is 15.3. The van der Waals surface area contributed by atoms with Gasteiger partial charge in [-0.25, -0.2) is 9.37 Å². The number of pyridine rings is 8. The fraction of sp³-hybridized carbons (Fsp3) is 0.564. The Hall–Kier alpha value is -8.02. The van der Waals surface area contributed by atoms with Gasteiger partial charge in [0, 0.05) is 86.1 Å². The van der Waals surface area contributed by atoms with Crippen LogP contribution in [0.2, 0.25) is 5.02 Å². The minimum Gasteiger partial charge on any atom is -0.495 e. The maximum absolute atomic E-state index is 12.8. The zero-order valence-corrected chi connectivity index (χ0v) is 71.2. The van der Waals surface area contributed by atoms with Gasteiger partial charge in [0.2, 0.25) is 5.88 Å². The van der Waals surface area contributed by atoms with Crippen LogP contribution in [0.4, 0.5) is 17.6 Å². The van der Waals surface area contributed by atoms with Gasteiger partial charge in [-0.15, -0.1) is 0 Å². The lowest BCUT2D eigenvalue weighted by atomic mass is 9.91. The van der Waals surface area contributed by atoms with E-state index in [1.165, 1.54) is 186 Å². The number of ether oxygens (including phenoxy) is 2. The van der Waals surface area contributed by atoms with Crippen LogP contribution >= 0.6 is 11.6 Å². The van der Waals surface area contributed by atoms with Crippen LogP contribution in [0.15, 0.2) is 147 Å². The van der Waals surface area contributed by atoms with Crippen LogP contribution in [0.3, 0.4) is 0 Å². The molecule has 8 aromatic rings. The molecule has 0 radical (unpaired) electrons. The highest BCUT2D eigenvalue weighted by Gasteiger charge is 2.31. The third-order valence-corrected chi connectivity index (χ3v) is 23.6. The van der Waals surface area contributed by atoms with Crippen molar-refractivity contribution in [2.75, 3.05) is 119 Å². The molecule has 19 nitrogen and oxygen atoms in total. The van der Waals surface area contributed by atoms with Gasteiger partial charge in [0.25, 0.3) is 0 Å². The highest BCUT2D eigenvalue weighted by atomic mass is 35.5. The Balaban J connectivity index is 0.000000154. The summed E-state index contributed by atoms with van der Waals surface area (Å²) in [6.45, 7) is 22.2. The molecule has 0 amide bonds. The molecule has 16 rings (SSSR count). The Kier molecular flexibility index (Phi) is 43.2. The standard InChI is InChI=1S/C12H15F3N2.C12H15N3.2C12H18N2O.2C12H18N2.C11H15ClN2.C11H15FN2/c13-12(14,15)11-6-10(7-17-8-11)5-9-1-3-16-4-2-9;13-7-12-6-11(8-15-9-12)5-10-1-3-14-4-2-10;1-15-12-7-11(8-14-9-12)6-10-2-4-13-5-3-10;1-15-12-3-2-11(9-14-12)8-10-4-6-13-7-5-10;1-10-6-12(9-14-8-10)7-11-2-4-13-5-3-11;1-10-2-3-12(9-14-10)8-11-4-6-13-7-5-11;2*12-11-6-10(7-14-8-11)5-9-1-3-13-4-2-9/h6-9,16H,1-5H2;6,8-10,14H,1-5H2;7-10,13H,2-6H2,1H3;2-3,9-10,13H,4-8H2,1H3;6,8-9,11,13H,2-5,7H2,1H3;2-3,9,11,13H,4-8H2,1H3;2*6-9,13H,1-5H2. The van der Waals surface area contributed by atoms with Gasteiger partial charge in [0.05, 0.1) is 42.8 Å². The second-order valence-electron chi connectivity index (χ2n) is 33.1. The molecule has 0 saturated carbocycles. The molecular weight excluding hydrogens is 1510 g/mol. The summed E-state index contributed by atoms with van der Waals surface area (Å²) < 4.78 is 60.5. The zero-order chi connectivity index (χ0) is 83.0. The van der Waals surface area contributed by atoms with E-state index in [9.17, 15) is 17.6 Å². The third-order valence-electron chi connectivity index (χ3n) is 23.4. The first-order valence-corrected chi connectivity index (χ1v) is 43.9. The van der Waals surface area contributed by atoms with Crippen molar-refractivity contribution in [3.8, 4) is 17.7 Å². The van der Waals surface area contributed by atoms with Crippen LogP contribution < -0.4 is 52.0 Å². The van der Waals surface area contributed by atoms with Gasteiger partial charge in [-0.2, -0.15) is 18.4 Å². The zero-order valence-electron chi connectivity index (χ0n) is 70.5. The first-order valence-electron chi connectivity index (χ1n) is 43.6. The van der Waals surface area contributed by atoms with Gasteiger partial charge < -0.3 is 52.0 Å². The molecular formula is C94H132ClF4N17O2. The van der Waals surface area contributed by atoms with Gasteiger partial charge in [-0.3, -0.25) is 34.9 Å². The van der Waals surface area contributed by atoms with Crippen LogP contribution in [-0.2, 0) is 57.5 Å². The number of methoxy groups -OCH3 is 2. The van der Waals surface area contributed by atoms with E-state index in [2.05, 4.69) is 126 Å². The number of nitriles is 1. The van der Waals surface area contributed by atoms with E-state index in [-0.39, 0.29) is 5.82 Å². The van der Waals surface area contributed by atoms with Crippen molar-refractivity contribution in [2.24, 2.45) is 47.3 Å². The number of piperidine rings is 8. The summed E-state index contributed by atoms with van der Waals surface area (Å²) in [5, 5.41) is 36.4. The van der Waals surface area contributed by atoms with E-state index in [0.29, 0.717) is 35.3 Å². The first-order chi connectivity index (χ1) is 57.6. The number of nitrogens with one attached hydrogen (secondary N) is 8. The molecule has 0 atom stereocenters. The lowest BCUT2D eigenvalue weighted by molar-refractivity contribution is -0.137. The second-order valence-corrected chi connectivity index (χ2v) is 33.5. The molecule has 640 valence electrons. The van der Waals surface area contributed by atoms with Crippen LogP contribution in [-0.4, -0.2) is 159 Å². The summed E-state index contributed by atoms with van der Waals surface area (Å²) in [6.07, 6.45) is 48.2. The largest absolute Gasteiger partial charge is 0.495 e. The SMILES string of the molecule is COc1ccc(CC2CCNCC2)cn1.COc1cncc(CC2CCNCC2)c1.Cc1ccc(CC2CCNCC2)cn1.Cc1cncc(CC2CCNCC2)c1.Clc1cncc(CC2CCNCC2)c1.FC(F)(F)c1cncc(CC2CCNCC2)c1.Fc1cncc(CC2CCNCC2)c1.N#Cc1cncc(CC2CCNCC2)c1. The van der Waals surface area contributed by atoms with Gasteiger partial charge in [0.15, 0.2) is 0 Å². The average molecular weight is 1640 g/mol. The molecule has 0 aliphatic carbocycles. The summed E-state index contributed by atoms with van der Waals surface area (Å²) in [6, 6.07) is 21.6. The number of aryl methyl sites for hydroxylation is 2. The maximum atomic E-state index is 12.8. The maximum Gasteiger partial charge on any atom is 0.417 e. The number of hydrogen-bond acceptors (Lipinski definition) is 19. The van der Waals surface area contributed by atoms with E-state index in [4.69, 9.17) is 26.3 Å². The summed E-state index contributed by atoms with van der Waals surface area (Å²) in [4.78, 5) is 32.7. The molecule has 8 N–H and O–H groups in total. The van der Waals surface area contributed by atoms with Crippen LogP contribution in [0.5, 0.6) is 11.6 Å². The Bertz CT molecular complexity index is 3910. The van der Waals surface area contributed by atoms with E-state index in [0.717, 1.165) is 187 Å². The molecule has 16 heterocycles. The fourth-order valence-electron chi connectivity index (χ4n) is 16.6. The molecule has 8 aliphatic rings. The van der Waals surface area contributed by atoms with Crippen molar-refractivity contribution in [3.05, 3.63) is 225 Å². The monoisotopic (exact) mass is 1640 g/mol. The number of alkyl halides is 3. The average Bonchev–Trinajstić information content (AvgIpc) is 0.840. The minimum absolute atomic E-state index is 0.226. The molecule has 8 aromatic heterocycles. The number of aromatic nitrogens is 8. The Morgan fingerprint density at radius 3 is 1.03 bits per heavy atom. The van der Waals surface area contributed by atoms with Crippen LogP contribution in [0, 0.1) is 78.3 Å². The van der Waals surface area contributed by atoms with Crippen molar-refractivity contribution in [1.82, 2.24) is 82.4 Å². The molecule has 0 aromatic carbocycles. The fourth-order valence-corrected chi connectivity index (χ4v) is 16.8. The third kappa shape index (κ3) is 38.2. The van der Waals surface area contributed by atoms with E-state index in [1.807, 2.05) is 68.5 Å². The second kappa shape index (κ2) is 54.3. The van der Waals surface area contributed by atoms with Gasteiger partial charge in [-0.1, -0.05) is 29.8 Å². The predicted molar refractivity (Wildman–Crippen MR) is 466 cm³/mol. The molecule has 0 spiro atoms. The Morgan fingerprint density at radius 1 is 0.356 bits per heavy atom. The molecule has 8 aliphatic heterocycles. The van der Waals surface area contributed by atoms with E-state index < -0.39 is 11.7 Å². The van der Waals surface area contributed by atoms with E-state index in [1.54, 1.807) is 45.1 Å². The lowest BCUT2D eigenvalue weighted by Gasteiger charge is -2.22. The summed E-state index contributed by atoms with van der Waals surface area (Å²) in [5.74, 6) is 7.41. The Morgan fingerprint density at radius 2 is 0.686 bits per heavy atom. The van der Waals surface area contributed by atoms with Gasteiger partial charge >= 0.3 is 6.18 Å². The molecule has 118 heavy (non-hydrogen) atoms. The van der Waals surface area contributed by atoms with Crippen LogP contribution in [0.25, 0.3) is 0 Å². The summed E-state index contributed by atoms with van der Waals surface area (Å²) in [5.41, 5.74) is 12.0. The van der Waals surface area contributed by atoms with Crippen molar-refractivity contribution < 1.29 is 27.0 Å². The van der Waals surface area contributed by atoms with Crippen molar-refractivity contribution >= 4 is 11.6 Å². The lowest BCUT2D eigenvalue weighted by Crippen LogP contribution is -2.28. The first kappa shape index (κ1) is 93.8. The highest BCUT2D eigenvalue weighted by Crippen LogP contribution is 2.31. The smallest absolute Gasteiger partial charge is 0.417 e. The number of halogens is 5. The minimum atomic E-state index is -4.29. The van der Waals surface area contributed by atoms with Crippen molar-refractivity contribution in [2.45, 2.75) is 174 Å².